The number of hydrogen-bond donors (Lipinski definition) is 1. The molecule has 3 heteroatoms. The number of benzene rings is 1. The zero-order valence-corrected chi connectivity index (χ0v) is 12.8. The summed E-state index contributed by atoms with van der Waals surface area (Å²) in [5.41, 5.74) is 2.40. The predicted octanol–water partition coefficient (Wildman–Crippen LogP) is 4.23. The van der Waals surface area contributed by atoms with Crippen LogP contribution in [0.1, 0.15) is 32.8 Å². The van der Waals surface area contributed by atoms with Crippen LogP contribution in [0, 0.1) is 0 Å². The summed E-state index contributed by atoms with van der Waals surface area (Å²) < 4.78 is 0. The van der Waals surface area contributed by atoms with Crippen molar-refractivity contribution in [3.05, 3.63) is 35.9 Å². The molecule has 2 aromatic rings. The van der Waals surface area contributed by atoms with E-state index in [1.165, 1.54) is 22.4 Å². The average molecular weight is 274 g/mol. The summed E-state index contributed by atoms with van der Waals surface area (Å²) in [6, 6.07) is 11.1. The third-order valence-corrected chi connectivity index (χ3v) is 4.15. The van der Waals surface area contributed by atoms with Crippen molar-refractivity contribution in [1.29, 1.82) is 0 Å². The highest BCUT2D eigenvalue weighted by Gasteiger charge is 2.07. The largest absolute Gasteiger partial charge is 0.310 e. The molecule has 0 radical (unpaired) electrons. The molecular weight excluding hydrogens is 252 g/mol. The van der Waals surface area contributed by atoms with Crippen LogP contribution >= 0.6 is 11.8 Å². The summed E-state index contributed by atoms with van der Waals surface area (Å²) >= 11 is 1.86. The van der Waals surface area contributed by atoms with Crippen LogP contribution in [0.25, 0.3) is 10.9 Å². The first kappa shape index (κ1) is 14.4. The highest BCUT2D eigenvalue weighted by molar-refractivity contribution is 7.99. The molecule has 0 aliphatic carbocycles. The summed E-state index contributed by atoms with van der Waals surface area (Å²) in [4.78, 5) is 4.81. The maximum Gasteiger partial charge on any atom is 0.101 e. The van der Waals surface area contributed by atoms with Gasteiger partial charge in [0.1, 0.15) is 5.03 Å². The van der Waals surface area contributed by atoms with Gasteiger partial charge in [-0.3, -0.25) is 0 Å². The number of rotatable bonds is 6. The van der Waals surface area contributed by atoms with E-state index in [4.69, 9.17) is 4.98 Å². The second kappa shape index (κ2) is 6.92. The van der Waals surface area contributed by atoms with Gasteiger partial charge in [-0.2, -0.15) is 0 Å². The minimum absolute atomic E-state index is 0.496. The van der Waals surface area contributed by atoms with Crippen molar-refractivity contribution < 1.29 is 0 Å². The van der Waals surface area contributed by atoms with Crippen LogP contribution in [0.2, 0.25) is 0 Å². The normalized spacial score (nSPS) is 11.4. The van der Waals surface area contributed by atoms with Crippen molar-refractivity contribution >= 4 is 22.7 Å². The number of pyridine rings is 1. The van der Waals surface area contributed by atoms with Gasteiger partial charge in [0.15, 0.2) is 0 Å². The Morgan fingerprint density at radius 2 is 2.05 bits per heavy atom. The molecule has 19 heavy (non-hydrogen) atoms. The number of nitrogens with one attached hydrogen (secondary N) is 1. The second-order valence-corrected chi connectivity index (χ2v) is 6.11. The lowest BCUT2D eigenvalue weighted by Crippen LogP contribution is -2.22. The predicted molar refractivity (Wildman–Crippen MR) is 84.7 cm³/mol. The van der Waals surface area contributed by atoms with Crippen molar-refractivity contribution in [2.75, 3.05) is 5.75 Å². The lowest BCUT2D eigenvalue weighted by molar-refractivity contribution is 0.583. The zero-order valence-electron chi connectivity index (χ0n) is 11.9. The van der Waals surface area contributed by atoms with Gasteiger partial charge in [0.05, 0.1) is 5.52 Å². The smallest absolute Gasteiger partial charge is 0.101 e. The van der Waals surface area contributed by atoms with Crippen LogP contribution in [0.4, 0.5) is 0 Å². The fourth-order valence-corrected chi connectivity index (χ4v) is 2.78. The van der Waals surface area contributed by atoms with Crippen LogP contribution in [-0.4, -0.2) is 16.8 Å². The van der Waals surface area contributed by atoms with Crippen molar-refractivity contribution in [2.24, 2.45) is 0 Å². The summed E-state index contributed by atoms with van der Waals surface area (Å²) in [6.07, 6.45) is 1.18. The van der Waals surface area contributed by atoms with Crippen LogP contribution in [-0.2, 0) is 6.54 Å². The molecule has 0 fully saturated rings. The van der Waals surface area contributed by atoms with E-state index in [-0.39, 0.29) is 0 Å². The highest BCUT2D eigenvalue weighted by atomic mass is 32.2. The van der Waals surface area contributed by atoms with Crippen LogP contribution in [0.5, 0.6) is 0 Å². The molecule has 1 aromatic carbocycles. The van der Waals surface area contributed by atoms with E-state index in [2.05, 4.69) is 56.4 Å². The van der Waals surface area contributed by atoms with Gasteiger partial charge in [0.2, 0.25) is 0 Å². The lowest BCUT2D eigenvalue weighted by Gasteiger charge is -2.13. The molecule has 0 unspecified atom stereocenters. The van der Waals surface area contributed by atoms with Gasteiger partial charge in [-0.05, 0) is 29.9 Å². The number of hydrogen-bond acceptors (Lipinski definition) is 3. The van der Waals surface area contributed by atoms with E-state index in [9.17, 15) is 0 Å². The number of nitrogens with zero attached hydrogens (tertiary/aromatic N) is 1. The Morgan fingerprint density at radius 3 is 2.79 bits per heavy atom. The standard InChI is InChI=1S/C16H22N2S/c1-4-9-19-16-14(11-17-12(2)3)10-13-7-5-6-8-15(13)18-16/h5-8,10,12,17H,4,9,11H2,1-3H3. The maximum atomic E-state index is 4.81. The molecule has 0 spiro atoms. The molecule has 0 saturated carbocycles. The fraction of sp³-hybridized carbons (Fsp3) is 0.438. The minimum Gasteiger partial charge on any atom is -0.310 e. The molecule has 0 aliphatic heterocycles. The van der Waals surface area contributed by atoms with Gasteiger partial charge in [-0.1, -0.05) is 39.0 Å². The Bertz CT molecular complexity index is 537. The molecule has 0 bridgehead atoms. The van der Waals surface area contributed by atoms with Gasteiger partial charge in [-0.25, -0.2) is 4.98 Å². The molecule has 1 aromatic heterocycles. The Labute approximate surface area is 120 Å². The third-order valence-electron chi connectivity index (χ3n) is 2.91. The van der Waals surface area contributed by atoms with Gasteiger partial charge < -0.3 is 5.32 Å². The van der Waals surface area contributed by atoms with E-state index >= 15 is 0 Å². The molecule has 0 atom stereocenters. The Balaban J connectivity index is 2.32. The molecule has 0 saturated heterocycles. The van der Waals surface area contributed by atoms with Crippen molar-refractivity contribution in [3.8, 4) is 0 Å². The molecular formula is C16H22N2S. The van der Waals surface area contributed by atoms with Crippen molar-refractivity contribution in [3.63, 3.8) is 0 Å². The van der Waals surface area contributed by atoms with Gasteiger partial charge in [0, 0.05) is 18.0 Å². The van der Waals surface area contributed by atoms with E-state index < -0.39 is 0 Å². The molecule has 102 valence electrons. The quantitative estimate of drug-likeness (QED) is 0.798. The topological polar surface area (TPSA) is 24.9 Å². The fourth-order valence-electron chi connectivity index (χ4n) is 1.91. The molecule has 1 N–H and O–H groups in total. The van der Waals surface area contributed by atoms with Gasteiger partial charge >= 0.3 is 0 Å². The second-order valence-electron chi connectivity index (χ2n) is 5.03. The number of para-hydroxylation sites is 1. The monoisotopic (exact) mass is 274 g/mol. The summed E-state index contributed by atoms with van der Waals surface area (Å²) in [5, 5.41) is 5.89. The van der Waals surface area contributed by atoms with Crippen LogP contribution in [0.3, 0.4) is 0 Å². The van der Waals surface area contributed by atoms with Crippen LogP contribution < -0.4 is 5.32 Å². The number of thioether (sulfide) groups is 1. The first-order valence-corrected chi connectivity index (χ1v) is 7.94. The number of aromatic nitrogens is 1. The third kappa shape index (κ3) is 3.95. The highest BCUT2D eigenvalue weighted by Crippen LogP contribution is 2.25. The first-order valence-electron chi connectivity index (χ1n) is 6.95. The molecule has 2 rings (SSSR count). The summed E-state index contributed by atoms with van der Waals surface area (Å²) in [5.74, 6) is 1.13. The lowest BCUT2D eigenvalue weighted by atomic mass is 10.1. The Morgan fingerprint density at radius 1 is 1.26 bits per heavy atom. The van der Waals surface area contributed by atoms with E-state index in [1.807, 2.05) is 11.8 Å². The van der Waals surface area contributed by atoms with Gasteiger partial charge in [-0.15, -0.1) is 11.8 Å². The Hall–Kier alpha value is -1.06. The minimum atomic E-state index is 0.496. The summed E-state index contributed by atoms with van der Waals surface area (Å²) in [7, 11) is 0. The summed E-state index contributed by atoms with van der Waals surface area (Å²) in [6.45, 7) is 7.45. The SMILES string of the molecule is CCCSc1nc2ccccc2cc1CNC(C)C. The van der Waals surface area contributed by atoms with E-state index in [1.54, 1.807) is 0 Å². The Kier molecular flexibility index (Phi) is 5.23. The van der Waals surface area contributed by atoms with Crippen molar-refractivity contribution in [2.45, 2.75) is 44.8 Å². The van der Waals surface area contributed by atoms with Crippen molar-refractivity contribution in [1.82, 2.24) is 10.3 Å². The van der Waals surface area contributed by atoms with Gasteiger partial charge in [0.25, 0.3) is 0 Å². The number of fused-ring (bicyclic) bond motifs is 1. The zero-order chi connectivity index (χ0) is 13.7. The first-order chi connectivity index (χ1) is 9.20. The average Bonchev–Trinajstić information content (AvgIpc) is 2.42. The molecule has 0 aliphatic rings. The van der Waals surface area contributed by atoms with E-state index in [0.717, 1.165) is 17.8 Å². The molecule has 2 nitrogen and oxygen atoms in total. The molecule has 1 heterocycles. The molecule has 0 amide bonds. The van der Waals surface area contributed by atoms with E-state index in [0.29, 0.717) is 6.04 Å². The van der Waals surface area contributed by atoms with Crippen LogP contribution in [0.15, 0.2) is 35.4 Å². The maximum absolute atomic E-state index is 4.81.